The van der Waals surface area contributed by atoms with Crippen molar-refractivity contribution in [3.63, 3.8) is 0 Å². The Morgan fingerprint density at radius 1 is 1.23 bits per heavy atom. The van der Waals surface area contributed by atoms with E-state index < -0.39 is 11.2 Å². The maximum atomic E-state index is 12.9. The lowest BCUT2D eigenvalue weighted by atomic mass is 9.97. The molecule has 2 aromatic heterocycles. The zero-order chi connectivity index (χ0) is 21.1. The third-order valence-electron chi connectivity index (χ3n) is 6.10. The molecule has 0 radical (unpaired) electrons. The van der Waals surface area contributed by atoms with Gasteiger partial charge in [-0.25, -0.2) is 4.79 Å². The van der Waals surface area contributed by atoms with Crippen LogP contribution < -0.4 is 10.9 Å². The predicted molar refractivity (Wildman–Crippen MR) is 116 cm³/mol. The Hall–Kier alpha value is -2.86. The number of carbonyl (C=O) groups excluding carboxylic acids is 1. The normalized spacial score (nSPS) is 15.5. The maximum absolute atomic E-state index is 12.9. The largest absolute Gasteiger partial charge is 0.427 e. The molecular formula is C24H28N2O4. The number of aryl methyl sites for hydroxylation is 3. The lowest BCUT2D eigenvalue weighted by Crippen LogP contribution is -2.50. The second kappa shape index (κ2) is 8.48. The van der Waals surface area contributed by atoms with Crippen LogP contribution >= 0.6 is 0 Å². The molecule has 1 saturated carbocycles. The Morgan fingerprint density at radius 3 is 2.73 bits per heavy atom. The lowest BCUT2D eigenvalue weighted by Gasteiger charge is -2.29. The Balaban J connectivity index is 1.50. The van der Waals surface area contributed by atoms with Gasteiger partial charge < -0.3 is 19.5 Å². The smallest absolute Gasteiger partial charge is 0.349 e. The molecule has 6 heteroatoms. The summed E-state index contributed by atoms with van der Waals surface area (Å²) < 4.78 is 10.8. The molecule has 2 N–H and O–H groups in total. The Morgan fingerprint density at radius 2 is 2.00 bits per heavy atom. The van der Waals surface area contributed by atoms with Crippen LogP contribution in [0.2, 0.25) is 0 Å². The molecule has 3 aromatic rings. The summed E-state index contributed by atoms with van der Waals surface area (Å²) in [5, 5.41) is 4.23. The number of ether oxygens (including phenoxy) is 1. The molecular weight excluding hydrogens is 380 g/mol. The first-order valence-corrected chi connectivity index (χ1v) is 10.5. The van der Waals surface area contributed by atoms with E-state index in [1.165, 1.54) is 10.9 Å². The van der Waals surface area contributed by atoms with Gasteiger partial charge in [0.25, 0.3) is 5.91 Å². The average Bonchev–Trinajstić information content (AvgIpc) is 3.33. The molecule has 0 bridgehead atoms. The fourth-order valence-electron chi connectivity index (χ4n) is 4.60. The molecule has 30 heavy (non-hydrogen) atoms. The molecule has 6 nitrogen and oxygen atoms in total. The molecule has 0 spiro atoms. The number of benzene rings is 1. The molecule has 0 atom stereocenters. The highest BCUT2D eigenvalue weighted by Gasteiger charge is 2.36. The molecule has 1 aliphatic rings. The Labute approximate surface area is 175 Å². The summed E-state index contributed by atoms with van der Waals surface area (Å²) in [6.45, 7) is 2.24. The second-order valence-electron chi connectivity index (χ2n) is 8.29. The minimum absolute atomic E-state index is 0.0909. The van der Waals surface area contributed by atoms with Crippen molar-refractivity contribution < 1.29 is 13.9 Å². The molecule has 1 amide bonds. The first kappa shape index (κ1) is 20.4. The van der Waals surface area contributed by atoms with Gasteiger partial charge in [-0.05, 0) is 49.4 Å². The summed E-state index contributed by atoms with van der Waals surface area (Å²) in [5.41, 5.74) is 2.03. The summed E-state index contributed by atoms with van der Waals surface area (Å²) in [6.07, 6.45) is 7.14. The topological polar surface area (TPSA) is 84.3 Å². The van der Waals surface area contributed by atoms with E-state index in [4.69, 9.17) is 9.15 Å². The van der Waals surface area contributed by atoms with Gasteiger partial charge in [0, 0.05) is 30.6 Å². The van der Waals surface area contributed by atoms with E-state index >= 15 is 0 Å². The van der Waals surface area contributed by atoms with E-state index in [0.717, 1.165) is 37.6 Å². The van der Waals surface area contributed by atoms with Gasteiger partial charge >= 0.3 is 5.63 Å². The monoisotopic (exact) mass is 408 g/mol. The van der Waals surface area contributed by atoms with Crippen LogP contribution in [-0.2, 0) is 17.6 Å². The van der Waals surface area contributed by atoms with Crippen molar-refractivity contribution in [1.82, 2.24) is 10.3 Å². The van der Waals surface area contributed by atoms with Crippen molar-refractivity contribution in [2.45, 2.75) is 51.0 Å². The quantitative estimate of drug-likeness (QED) is 0.621. The summed E-state index contributed by atoms with van der Waals surface area (Å²) in [6, 6.07) is 9.93. The average molecular weight is 408 g/mol. The first-order valence-electron chi connectivity index (χ1n) is 10.5. The van der Waals surface area contributed by atoms with Crippen molar-refractivity contribution in [2.24, 2.45) is 0 Å². The van der Waals surface area contributed by atoms with E-state index in [-0.39, 0.29) is 11.5 Å². The van der Waals surface area contributed by atoms with Crippen LogP contribution in [0.25, 0.3) is 10.9 Å². The van der Waals surface area contributed by atoms with Crippen LogP contribution in [0.15, 0.2) is 45.7 Å². The fourth-order valence-corrected chi connectivity index (χ4v) is 4.60. The molecule has 0 unspecified atom stereocenters. The molecule has 1 aromatic carbocycles. The van der Waals surface area contributed by atoms with Crippen molar-refractivity contribution in [2.75, 3.05) is 13.7 Å². The van der Waals surface area contributed by atoms with Gasteiger partial charge in [0.15, 0.2) is 0 Å². The first-order chi connectivity index (χ1) is 14.5. The van der Waals surface area contributed by atoms with E-state index in [9.17, 15) is 9.59 Å². The number of rotatable bonds is 7. The highest BCUT2D eigenvalue weighted by atomic mass is 16.5. The Bertz CT molecular complexity index is 1110. The van der Waals surface area contributed by atoms with Gasteiger partial charge in [0.05, 0.1) is 12.1 Å². The number of carbonyl (C=O) groups is 1. The van der Waals surface area contributed by atoms with Crippen molar-refractivity contribution >= 4 is 16.8 Å². The zero-order valence-electron chi connectivity index (χ0n) is 17.5. The molecule has 2 heterocycles. The summed E-state index contributed by atoms with van der Waals surface area (Å²) in [7, 11) is 1.63. The van der Waals surface area contributed by atoms with Crippen LogP contribution in [0.3, 0.4) is 0 Å². The number of fused-ring (bicyclic) bond motifs is 1. The Kier molecular flexibility index (Phi) is 5.77. The zero-order valence-corrected chi connectivity index (χ0v) is 17.5. The van der Waals surface area contributed by atoms with Gasteiger partial charge in [0.1, 0.15) is 11.3 Å². The molecule has 1 fully saturated rings. The van der Waals surface area contributed by atoms with E-state index in [1.807, 2.05) is 30.5 Å². The van der Waals surface area contributed by atoms with Crippen LogP contribution in [0.1, 0.15) is 52.9 Å². The van der Waals surface area contributed by atoms with E-state index in [0.29, 0.717) is 24.4 Å². The molecule has 1 aliphatic carbocycles. The van der Waals surface area contributed by atoms with Gasteiger partial charge in [0.2, 0.25) is 0 Å². The minimum Gasteiger partial charge on any atom is -0.427 e. The lowest BCUT2D eigenvalue weighted by molar-refractivity contribution is 0.0762. The fraction of sp³-hybridized carbons (Fsp3) is 0.417. The predicted octanol–water partition coefficient (Wildman–Crippen LogP) is 3.90. The number of amides is 1. The van der Waals surface area contributed by atoms with Gasteiger partial charge in [-0.15, -0.1) is 0 Å². The van der Waals surface area contributed by atoms with Crippen molar-refractivity contribution in [1.29, 1.82) is 0 Å². The van der Waals surface area contributed by atoms with Gasteiger partial charge in [-0.3, -0.25) is 4.79 Å². The number of aromatic amines is 1. The minimum atomic E-state index is -0.577. The number of hydrogen-bond acceptors (Lipinski definition) is 4. The number of methoxy groups -OCH3 is 1. The van der Waals surface area contributed by atoms with Crippen molar-refractivity contribution in [3.05, 3.63) is 69.4 Å². The number of H-pyrrole nitrogens is 1. The molecule has 4 rings (SSSR count). The maximum Gasteiger partial charge on any atom is 0.349 e. The standard InChI is InChI=1S/C24H28N2O4/c1-16-13-18(10-9-17-14-25-20-8-4-3-7-19(17)20)30-23(28)21(16)22(27)26-24(15-29-2)11-5-6-12-24/h3-4,7-8,13-14,25H,5-6,9-12,15H2,1-2H3,(H,26,27). The van der Waals surface area contributed by atoms with Crippen LogP contribution in [0, 0.1) is 6.92 Å². The SMILES string of the molecule is COCC1(NC(=O)c2c(C)cc(CCc3c[nH]c4ccccc34)oc2=O)CCCC1. The van der Waals surface area contributed by atoms with E-state index in [2.05, 4.69) is 16.4 Å². The van der Waals surface area contributed by atoms with Crippen LogP contribution in [0.4, 0.5) is 0 Å². The summed E-state index contributed by atoms with van der Waals surface area (Å²) >= 11 is 0. The number of aromatic nitrogens is 1. The highest BCUT2D eigenvalue weighted by Crippen LogP contribution is 2.30. The summed E-state index contributed by atoms with van der Waals surface area (Å²) in [5.74, 6) is 0.218. The van der Waals surface area contributed by atoms with Crippen LogP contribution in [-0.4, -0.2) is 30.1 Å². The summed E-state index contributed by atoms with van der Waals surface area (Å²) in [4.78, 5) is 28.8. The third-order valence-corrected chi connectivity index (χ3v) is 6.10. The number of nitrogens with one attached hydrogen (secondary N) is 2. The number of hydrogen-bond donors (Lipinski definition) is 2. The van der Waals surface area contributed by atoms with Gasteiger partial charge in [-0.2, -0.15) is 0 Å². The molecule has 158 valence electrons. The molecule has 0 saturated heterocycles. The highest BCUT2D eigenvalue weighted by molar-refractivity contribution is 5.95. The van der Waals surface area contributed by atoms with Gasteiger partial charge in [-0.1, -0.05) is 31.0 Å². The molecule has 0 aliphatic heterocycles. The second-order valence-corrected chi connectivity index (χ2v) is 8.29. The van der Waals surface area contributed by atoms with Crippen molar-refractivity contribution in [3.8, 4) is 0 Å². The van der Waals surface area contributed by atoms with Crippen LogP contribution in [0.5, 0.6) is 0 Å². The van der Waals surface area contributed by atoms with E-state index in [1.54, 1.807) is 14.0 Å². The number of para-hydroxylation sites is 1. The third kappa shape index (κ3) is 4.05.